The molecule has 1 atom stereocenters. The summed E-state index contributed by atoms with van der Waals surface area (Å²) >= 11 is 0. The molecule has 0 aromatic carbocycles. The van der Waals surface area contributed by atoms with Crippen LogP contribution in [0.25, 0.3) is 0 Å². The molecule has 0 aliphatic carbocycles. The van der Waals surface area contributed by atoms with Crippen LogP contribution in [0, 0.1) is 12.8 Å². The SMILES string of the molecule is Cc1[nH]c(=O)[nH]c(=O)c1CC(=O)NC[C@H]1CC(=O)N(C(C)C)C1. The maximum absolute atomic E-state index is 12.0. The molecule has 1 fully saturated rings. The highest BCUT2D eigenvalue weighted by molar-refractivity contribution is 5.80. The lowest BCUT2D eigenvalue weighted by Crippen LogP contribution is -2.36. The quantitative estimate of drug-likeness (QED) is 0.664. The van der Waals surface area contributed by atoms with Crippen molar-refractivity contribution in [3.05, 3.63) is 32.1 Å². The highest BCUT2D eigenvalue weighted by Gasteiger charge is 2.31. The van der Waals surface area contributed by atoms with Gasteiger partial charge in [-0.1, -0.05) is 0 Å². The lowest BCUT2D eigenvalue weighted by molar-refractivity contribution is -0.129. The van der Waals surface area contributed by atoms with Gasteiger partial charge in [-0.05, 0) is 20.8 Å². The minimum atomic E-state index is -0.588. The molecule has 1 aliphatic rings. The molecule has 0 unspecified atom stereocenters. The van der Waals surface area contributed by atoms with Crippen LogP contribution in [0.3, 0.4) is 0 Å². The Kier molecular flexibility index (Phi) is 5.02. The number of aryl methyl sites for hydroxylation is 1. The number of hydrogen-bond donors (Lipinski definition) is 3. The van der Waals surface area contributed by atoms with Gasteiger partial charge in [0.2, 0.25) is 11.8 Å². The van der Waals surface area contributed by atoms with Gasteiger partial charge in [-0.15, -0.1) is 0 Å². The fourth-order valence-corrected chi connectivity index (χ4v) is 2.76. The van der Waals surface area contributed by atoms with Crippen LogP contribution in [0.2, 0.25) is 0 Å². The number of amides is 2. The molecule has 8 heteroatoms. The molecule has 0 spiro atoms. The normalized spacial score (nSPS) is 17.8. The Morgan fingerprint density at radius 3 is 2.57 bits per heavy atom. The molecular formula is C15H22N4O4. The van der Waals surface area contributed by atoms with E-state index in [0.717, 1.165) is 0 Å². The first-order valence-electron chi connectivity index (χ1n) is 7.66. The lowest BCUT2D eigenvalue weighted by atomic mass is 10.1. The largest absolute Gasteiger partial charge is 0.355 e. The number of nitrogens with zero attached hydrogens (tertiary/aromatic N) is 1. The molecule has 126 valence electrons. The van der Waals surface area contributed by atoms with Gasteiger partial charge in [0.05, 0.1) is 6.42 Å². The van der Waals surface area contributed by atoms with Crippen molar-refractivity contribution in [2.45, 2.75) is 39.7 Å². The lowest BCUT2D eigenvalue weighted by Gasteiger charge is -2.21. The molecular weight excluding hydrogens is 300 g/mol. The molecule has 2 amide bonds. The molecule has 2 heterocycles. The van der Waals surface area contributed by atoms with Crippen LogP contribution in [0.15, 0.2) is 9.59 Å². The second-order valence-electron chi connectivity index (χ2n) is 6.20. The number of H-pyrrole nitrogens is 2. The van der Waals surface area contributed by atoms with Crippen molar-refractivity contribution in [1.29, 1.82) is 0 Å². The summed E-state index contributed by atoms with van der Waals surface area (Å²) in [5, 5.41) is 2.76. The number of carbonyl (C=O) groups is 2. The average Bonchev–Trinajstić information content (AvgIpc) is 2.82. The van der Waals surface area contributed by atoms with E-state index in [-0.39, 0.29) is 35.8 Å². The van der Waals surface area contributed by atoms with E-state index in [0.29, 0.717) is 25.2 Å². The van der Waals surface area contributed by atoms with E-state index >= 15 is 0 Å². The van der Waals surface area contributed by atoms with Gasteiger partial charge in [0.15, 0.2) is 0 Å². The summed E-state index contributed by atoms with van der Waals surface area (Å²) in [7, 11) is 0. The monoisotopic (exact) mass is 322 g/mol. The topological polar surface area (TPSA) is 115 Å². The standard InChI is InChI=1S/C15H22N4O4/c1-8(2)19-7-10(4-13(19)21)6-16-12(20)5-11-9(3)17-15(23)18-14(11)22/h8,10H,4-7H2,1-3H3,(H,16,20)(H2,17,18,22,23)/t10-/m1/s1. The zero-order valence-electron chi connectivity index (χ0n) is 13.6. The van der Waals surface area contributed by atoms with E-state index in [1.165, 1.54) is 0 Å². The average molecular weight is 322 g/mol. The summed E-state index contributed by atoms with van der Waals surface area (Å²) in [4.78, 5) is 53.0. The van der Waals surface area contributed by atoms with Crippen molar-refractivity contribution in [2.24, 2.45) is 5.92 Å². The second kappa shape index (κ2) is 6.80. The van der Waals surface area contributed by atoms with Crippen molar-refractivity contribution in [2.75, 3.05) is 13.1 Å². The van der Waals surface area contributed by atoms with Gasteiger partial charge in [-0.25, -0.2) is 4.79 Å². The van der Waals surface area contributed by atoms with E-state index in [2.05, 4.69) is 15.3 Å². The first-order chi connectivity index (χ1) is 10.8. The van der Waals surface area contributed by atoms with Gasteiger partial charge in [-0.2, -0.15) is 0 Å². The van der Waals surface area contributed by atoms with Crippen LogP contribution in [0.1, 0.15) is 31.5 Å². The van der Waals surface area contributed by atoms with E-state index in [4.69, 9.17) is 0 Å². The number of likely N-dealkylation sites (tertiary alicyclic amines) is 1. The third-order valence-corrected chi connectivity index (χ3v) is 4.04. The third kappa shape index (κ3) is 4.08. The molecule has 2 rings (SSSR count). The Bertz CT molecular complexity index is 719. The van der Waals surface area contributed by atoms with E-state index in [1.54, 1.807) is 11.8 Å². The maximum atomic E-state index is 12.0. The Balaban J connectivity index is 1.91. The van der Waals surface area contributed by atoms with Crippen LogP contribution < -0.4 is 16.6 Å². The van der Waals surface area contributed by atoms with Gasteiger partial charge in [0, 0.05) is 42.7 Å². The Labute approximate surface area is 133 Å². The smallest absolute Gasteiger partial charge is 0.325 e. The summed E-state index contributed by atoms with van der Waals surface area (Å²) in [5.41, 5.74) is -0.511. The van der Waals surface area contributed by atoms with E-state index in [9.17, 15) is 19.2 Å². The number of aromatic amines is 2. The van der Waals surface area contributed by atoms with Crippen molar-refractivity contribution < 1.29 is 9.59 Å². The first-order valence-corrected chi connectivity index (χ1v) is 7.66. The molecule has 0 saturated carbocycles. The summed E-state index contributed by atoms with van der Waals surface area (Å²) < 4.78 is 0. The molecule has 1 aliphatic heterocycles. The molecule has 3 N–H and O–H groups in total. The van der Waals surface area contributed by atoms with Gasteiger partial charge < -0.3 is 15.2 Å². The Hall–Kier alpha value is -2.38. The predicted octanol–water partition coefficient (Wildman–Crippen LogP) is -0.713. The maximum Gasteiger partial charge on any atom is 0.325 e. The van der Waals surface area contributed by atoms with Crippen LogP contribution >= 0.6 is 0 Å². The zero-order valence-corrected chi connectivity index (χ0v) is 13.6. The molecule has 1 aromatic rings. The van der Waals surface area contributed by atoms with Crippen LogP contribution in [-0.2, 0) is 16.0 Å². The van der Waals surface area contributed by atoms with Crippen LogP contribution in [-0.4, -0.2) is 45.8 Å². The van der Waals surface area contributed by atoms with Crippen molar-refractivity contribution in [3.63, 3.8) is 0 Å². The van der Waals surface area contributed by atoms with Gasteiger partial charge >= 0.3 is 5.69 Å². The van der Waals surface area contributed by atoms with Crippen molar-refractivity contribution in [1.82, 2.24) is 20.2 Å². The van der Waals surface area contributed by atoms with Gasteiger partial charge in [0.25, 0.3) is 5.56 Å². The number of nitrogens with one attached hydrogen (secondary N) is 3. The molecule has 0 bridgehead atoms. The number of aromatic nitrogens is 2. The van der Waals surface area contributed by atoms with Crippen molar-refractivity contribution in [3.8, 4) is 0 Å². The second-order valence-corrected chi connectivity index (χ2v) is 6.20. The summed E-state index contributed by atoms with van der Waals surface area (Å²) in [5.74, 6) is -0.114. The number of rotatable bonds is 5. The summed E-state index contributed by atoms with van der Waals surface area (Å²) in [6, 6.07) is 0.158. The van der Waals surface area contributed by atoms with E-state index < -0.39 is 11.2 Å². The third-order valence-electron chi connectivity index (χ3n) is 4.04. The molecule has 23 heavy (non-hydrogen) atoms. The van der Waals surface area contributed by atoms with Crippen LogP contribution in [0.5, 0.6) is 0 Å². The fraction of sp³-hybridized carbons (Fsp3) is 0.600. The van der Waals surface area contributed by atoms with Crippen LogP contribution in [0.4, 0.5) is 0 Å². The minimum absolute atomic E-state index is 0.0869. The molecule has 1 saturated heterocycles. The zero-order chi connectivity index (χ0) is 17.1. The Morgan fingerprint density at radius 1 is 1.30 bits per heavy atom. The molecule has 1 aromatic heterocycles. The highest BCUT2D eigenvalue weighted by Crippen LogP contribution is 2.19. The minimum Gasteiger partial charge on any atom is -0.355 e. The summed E-state index contributed by atoms with van der Waals surface area (Å²) in [6.07, 6.45) is 0.323. The summed E-state index contributed by atoms with van der Waals surface area (Å²) in [6.45, 7) is 6.53. The van der Waals surface area contributed by atoms with E-state index in [1.807, 2.05) is 13.8 Å². The first kappa shape index (κ1) is 17.0. The Morgan fingerprint density at radius 2 is 2.00 bits per heavy atom. The molecule has 0 radical (unpaired) electrons. The van der Waals surface area contributed by atoms with Gasteiger partial charge in [0.1, 0.15) is 0 Å². The number of carbonyl (C=O) groups excluding carboxylic acids is 2. The fourth-order valence-electron chi connectivity index (χ4n) is 2.76. The van der Waals surface area contributed by atoms with Gasteiger partial charge in [-0.3, -0.25) is 19.4 Å². The van der Waals surface area contributed by atoms with Crippen molar-refractivity contribution >= 4 is 11.8 Å². The highest BCUT2D eigenvalue weighted by atomic mass is 16.2. The molecule has 8 nitrogen and oxygen atoms in total. The number of hydrogen-bond acceptors (Lipinski definition) is 4. The predicted molar refractivity (Wildman–Crippen MR) is 84.1 cm³/mol.